The van der Waals surface area contributed by atoms with Crippen molar-refractivity contribution < 1.29 is 0 Å². The van der Waals surface area contributed by atoms with Gasteiger partial charge in [0.2, 0.25) is 0 Å². The Morgan fingerprint density at radius 1 is 1.15 bits per heavy atom. The van der Waals surface area contributed by atoms with E-state index in [0.717, 1.165) is 10.0 Å². The van der Waals surface area contributed by atoms with Crippen LogP contribution >= 0.6 is 27.5 Å². The van der Waals surface area contributed by atoms with Gasteiger partial charge in [-0.2, -0.15) is 0 Å². The number of pyridine rings is 1. The summed E-state index contributed by atoms with van der Waals surface area (Å²) in [4.78, 5) is 8.50. The highest BCUT2D eigenvalue weighted by atomic mass is 79.9. The van der Waals surface area contributed by atoms with Crippen LogP contribution in [0, 0.1) is 0 Å². The number of rotatable bonds is 2. The van der Waals surface area contributed by atoms with Gasteiger partial charge in [0.25, 0.3) is 0 Å². The van der Waals surface area contributed by atoms with Gasteiger partial charge >= 0.3 is 0 Å². The van der Waals surface area contributed by atoms with Gasteiger partial charge in [0.05, 0.1) is 9.50 Å². The van der Waals surface area contributed by atoms with Crippen molar-refractivity contribution in [3.63, 3.8) is 0 Å². The number of anilines is 1. The van der Waals surface area contributed by atoms with Crippen LogP contribution in [-0.2, 0) is 0 Å². The number of nitrogen functional groups attached to an aromatic ring is 1. The molecular formula is C13H9BrClN5. The molecule has 0 atom stereocenters. The van der Waals surface area contributed by atoms with Gasteiger partial charge in [0.1, 0.15) is 6.33 Å². The van der Waals surface area contributed by atoms with E-state index in [-0.39, 0.29) is 0 Å². The highest BCUT2D eigenvalue weighted by Gasteiger charge is 2.09. The lowest BCUT2D eigenvalue weighted by atomic mass is 10.2. The number of hydrogen-bond donors (Lipinski definition) is 1. The summed E-state index contributed by atoms with van der Waals surface area (Å²) >= 11 is 9.28. The fourth-order valence-corrected chi connectivity index (χ4v) is 2.53. The SMILES string of the molecule is Nc1ccc(-c2ncn(-c3ncc(Cl)cc3Br)n2)cc1. The molecule has 3 rings (SSSR count). The minimum atomic E-state index is 0.555. The largest absolute Gasteiger partial charge is 0.399 e. The third kappa shape index (κ3) is 2.52. The molecule has 0 radical (unpaired) electrons. The lowest BCUT2D eigenvalue weighted by Crippen LogP contribution is -1.99. The predicted molar refractivity (Wildman–Crippen MR) is 81.7 cm³/mol. The van der Waals surface area contributed by atoms with E-state index in [9.17, 15) is 0 Å². The zero-order chi connectivity index (χ0) is 14.1. The Bertz CT molecular complexity index is 754. The van der Waals surface area contributed by atoms with E-state index in [2.05, 4.69) is 31.0 Å². The Kier molecular flexibility index (Phi) is 3.42. The summed E-state index contributed by atoms with van der Waals surface area (Å²) in [6.07, 6.45) is 3.17. The molecule has 0 saturated carbocycles. The topological polar surface area (TPSA) is 69.6 Å². The summed E-state index contributed by atoms with van der Waals surface area (Å²) in [7, 11) is 0. The molecule has 0 amide bonds. The van der Waals surface area contributed by atoms with Crippen LogP contribution in [0.25, 0.3) is 17.2 Å². The van der Waals surface area contributed by atoms with Crippen molar-refractivity contribution in [1.29, 1.82) is 0 Å². The number of aromatic nitrogens is 4. The molecule has 1 aromatic carbocycles. The van der Waals surface area contributed by atoms with Crippen LogP contribution < -0.4 is 5.73 Å². The summed E-state index contributed by atoms with van der Waals surface area (Å²) in [5.41, 5.74) is 7.26. The molecule has 2 heterocycles. The molecule has 7 heteroatoms. The second-order valence-corrected chi connectivity index (χ2v) is 5.38. The van der Waals surface area contributed by atoms with E-state index >= 15 is 0 Å². The molecular weight excluding hydrogens is 342 g/mol. The van der Waals surface area contributed by atoms with Crippen LogP contribution in [0.4, 0.5) is 5.69 Å². The molecule has 0 aliphatic carbocycles. The van der Waals surface area contributed by atoms with Gasteiger partial charge in [-0.1, -0.05) is 11.6 Å². The first-order chi connectivity index (χ1) is 9.63. The van der Waals surface area contributed by atoms with Crippen LogP contribution in [0.3, 0.4) is 0 Å². The Morgan fingerprint density at radius 3 is 2.60 bits per heavy atom. The Labute approximate surface area is 128 Å². The summed E-state index contributed by atoms with van der Waals surface area (Å²) in [5, 5.41) is 4.96. The first kappa shape index (κ1) is 13.1. The summed E-state index contributed by atoms with van der Waals surface area (Å²) in [5.74, 6) is 1.23. The molecule has 20 heavy (non-hydrogen) atoms. The Balaban J connectivity index is 1.99. The zero-order valence-corrected chi connectivity index (χ0v) is 12.5. The van der Waals surface area contributed by atoms with E-state index in [1.807, 2.05) is 24.3 Å². The van der Waals surface area contributed by atoms with Gasteiger partial charge in [-0.3, -0.25) is 0 Å². The summed E-state index contributed by atoms with van der Waals surface area (Å²) < 4.78 is 2.34. The van der Waals surface area contributed by atoms with Crippen LogP contribution in [0.2, 0.25) is 5.02 Å². The first-order valence-corrected chi connectivity index (χ1v) is 6.89. The van der Waals surface area contributed by atoms with Crippen molar-refractivity contribution in [3.05, 3.63) is 52.4 Å². The lowest BCUT2D eigenvalue weighted by Gasteiger charge is -2.02. The second-order valence-electron chi connectivity index (χ2n) is 4.09. The lowest BCUT2D eigenvalue weighted by molar-refractivity contribution is 0.843. The van der Waals surface area contributed by atoms with E-state index < -0.39 is 0 Å². The molecule has 0 aliphatic rings. The predicted octanol–water partition coefficient (Wildman–Crippen LogP) is 3.33. The molecule has 2 N–H and O–H groups in total. The third-order valence-corrected chi connectivity index (χ3v) is 3.46. The van der Waals surface area contributed by atoms with Crippen molar-refractivity contribution in [2.75, 3.05) is 5.73 Å². The molecule has 0 saturated heterocycles. The maximum atomic E-state index is 5.87. The number of benzene rings is 1. The minimum Gasteiger partial charge on any atom is -0.399 e. The van der Waals surface area contributed by atoms with Crippen LogP contribution in [0.15, 0.2) is 47.3 Å². The molecule has 0 unspecified atom stereocenters. The fourth-order valence-electron chi connectivity index (χ4n) is 1.71. The number of nitrogens with two attached hydrogens (primary N) is 1. The number of nitrogens with zero attached hydrogens (tertiary/aromatic N) is 4. The first-order valence-electron chi connectivity index (χ1n) is 5.72. The maximum absolute atomic E-state index is 5.87. The van der Waals surface area contributed by atoms with E-state index in [4.69, 9.17) is 17.3 Å². The van der Waals surface area contributed by atoms with Crippen LogP contribution in [-0.4, -0.2) is 19.7 Å². The monoisotopic (exact) mass is 349 g/mol. The minimum absolute atomic E-state index is 0.555. The summed E-state index contributed by atoms with van der Waals surface area (Å²) in [6.45, 7) is 0. The van der Waals surface area contributed by atoms with Crippen molar-refractivity contribution in [3.8, 4) is 17.2 Å². The molecule has 0 aliphatic heterocycles. The molecule has 3 aromatic rings. The standard InChI is InChI=1S/C13H9BrClN5/c14-11-5-9(15)6-17-13(11)20-7-18-12(19-20)8-1-3-10(16)4-2-8/h1-7H,16H2. The van der Waals surface area contributed by atoms with Crippen molar-refractivity contribution in [2.24, 2.45) is 0 Å². The van der Waals surface area contributed by atoms with Gasteiger partial charge < -0.3 is 5.73 Å². The second kappa shape index (κ2) is 5.22. The van der Waals surface area contributed by atoms with Crippen molar-refractivity contribution in [2.45, 2.75) is 0 Å². The average molecular weight is 351 g/mol. The fraction of sp³-hybridized carbons (Fsp3) is 0. The maximum Gasteiger partial charge on any atom is 0.181 e. The van der Waals surface area contributed by atoms with Gasteiger partial charge in [-0.05, 0) is 46.3 Å². The van der Waals surface area contributed by atoms with Crippen LogP contribution in [0.1, 0.15) is 0 Å². The quantitative estimate of drug-likeness (QED) is 0.720. The Hall–Kier alpha value is -1.92. The zero-order valence-electron chi connectivity index (χ0n) is 10.2. The molecule has 0 fully saturated rings. The normalized spacial score (nSPS) is 10.7. The van der Waals surface area contributed by atoms with Gasteiger partial charge in [0.15, 0.2) is 11.6 Å². The molecule has 0 bridgehead atoms. The molecule has 0 spiro atoms. The highest BCUT2D eigenvalue weighted by molar-refractivity contribution is 9.10. The third-order valence-electron chi connectivity index (χ3n) is 2.67. The number of hydrogen-bond acceptors (Lipinski definition) is 4. The van der Waals surface area contributed by atoms with E-state index in [0.29, 0.717) is 22.4 Å². The average Bonchev–Trinajstić information content (AvgIpc) is 2.89. The smallest absolute Gasteiger partial charge is 0.181 e. The van der Waals surface area contributed by atoms with Gasteiger partial charge in [-0.25, -0.2) is 14.6 Å². The van der Waals surface area contributed by atoms with Gasteiger partial charge in [0, 0.05) is 17.4 Å². The van der Waals surface area contributed by atoms with Crippen molar-refractivity contribution >= 4 is 33.2 Å². The number of halogens is 2. The van der Waals surface area contributed by atoms with Gasteiger partial charge in [-0.15, -0.1) is 5.10 Å². The molecule has 5 nitrogen and oxygen atoms in total. The van der Waals surface area contributed by atoms with Crippen molar-refractivity contribution in [1.82, 2.24) is 19.7 Å². The van der Waals surface area contributed by atoms with Crippen LogP contribution in [0.5, 0.6) is 0 Å². The van der Waals surface area contributed by atoms with E-state index in [1.54, 1.807) is 23.3 Å². The Morgan fingerprint density at radius 2 is 1.90 bits per heavy atom. The molecule has 2 aromatic heterocycles. The summed E-state index contributed by atoms with van der Waals surface area (Å²) in [6, 6.07) is 9.13. The highest BCUT2D eigenvalue weighted by Crippen LogP contribution is 2.23. The molecule has 100 valence electrons. The van der Waals surface area contributed by atoms with E-state index in [1.165, 1.54) is 0 Å².